The average molecular weight is 367 g/mol. The summed E-state index contributed by atoms with van der Waals surface area (Å²) >= 11 is 0. The molecule has 140 valence electrons. The van der Waals surface area contributed by atoms with Gasteiger partial charge in [-0.15, -0.1) is 0 Å². The maximum atomic E-state index is 12.7. The molecule has 1 aliphatic rings. The summed E-state index contributed by atoms with van der Waals surface area (Å²) in [7, 11) is 1.65. The summed E-state index contributed by atoms with van der Waals surface area (Å²) in [4.78, 5) is 27.1. The number of hydrogen-bond donors (Lipinski definition) is 0. The molecule has 0 bridgehead atoms. The van der Waals surface area contributed by atoms with Crippen molar-refractivity contribution in [3.05, 3.63) is 64.2 Å². The first-order chi connectivity index (χ1) is 13.0. The van der Waals surface area contributed by atoms with Gasteiger partial charge in [0.05, 0.1) is 5.69 Å². The van der Waals surface area contributed by atoms with Gasteiger partial charge in [-0.05, 0) is 31.9 Å². The lowest BCUT2D eigenvalue weighted by atomic mass is 9.96. The Bertz CT molecular complexity index is 1020. The number of carbonyl (C=O) groups is 1. The molecule has 1 aromatic carbocycles. The van der Waals surface area contributed by atoms with Gasteiger partial charge in [0.2, 0.25) is 0 Å². The van der Waals surface area contributed by atoms with Crippen LogP contribution in [0.25, 0.3) is 5.69 Å². The molecule has 8 nitrogen and oxygen atoms in total. The van der Waals surface area contributed by atoms with Crippen molar-refractivity contribution < 1.29 is 9.32 Å². The highest BCUT2D eigenvalue weighted by atomic mass is 16.5. The molecule has 1 atom stereocenters. The van der Waals surface area contributed by atoms with Gasteiger partial charge in [0.1, 0.15) is 11.6 Å². The van der Waals surface area contributed by atoms with E-state index < -0.39 is 0 Å². The van der Waals surface area contributed by atoms with E-state index in [2.05, 4.69) is 10.3 Å². The third-order valence-corrected chi connectivity index (χ3v) is 4.88. The monoisotopic (exact) mass is 367 g/mol. The molecule has 1 fully saturated rings. The Hall–Kier alpha value is -3.16. The fourth-order valence-corrected chi connectivity index (χ4v) is 3.57. The molecule has 0 saturated carbocycles. The van der Waals surface area contributed by atoms with Gasteiger partial charge in [0.25, 0.3) is 5.91 Å². The minimum Gasteiger partial charge on any atom is -0.361 e. The van der Waals surface area contributed by atoms with Gasteiger partial charge in [0.15, 0.2) is 5.69 Å². The first kappa shape index (κ1) is 17.3. The van der Waals surface area contributed by atoms with Crippen LogP contribution in [0.15, 0.2) is 45.7 Å². The first-order valence-electron chi connectivity index (χ1n) is 8.98. The van der Waals surface area contributed by atoms with E-state index in [0.29, 0.717) is 30.4 Å². The van der Waals surface area contributed by atoms with Crippen molar-refractivity contribution >= 4 is 5.91 Å². The molecule has 1 saturated heterocycles. The van der Waals surface area contributed by atoms with Crippen LogP contribution in [0.5, 0.6) is 0 Å². The van der Waals surface area contributed by atoms with Crippen molar-refractivity contribution in [2.45, 2.75) is 25.7 Å². The van der Waals surface area contributed by atoms with E-state index >= 15 is 0 Å². The van der Waals surface area contributed by atoms with Gasteiger partial charge in [-0.3, -0.25) is 4.79 Å². The summed E-state index contributed by atoms with van der Waals surface area (Å²) in [6, 6.07) is 11.1. The van der Waals surface area contributed by atoms with Crippen LogP contribution in [-0.4, -0.2) is 43.4 Å². The van der Waals surface area contributed by atoms with Crippen molar-refractivity contribution in [3.63, 3.8) is 0 Å². The molecular weight excluding hydrogens is 346 g/mol. The zero-order chi connectivity index (χ0) is 19.0. The highest BCUT2D eigenvalue weighted by Gasteiger charge is 2.31. The number of aryl methyl sites for hydroxylation is 2. The van der Waals surface area contributed by atoms with E-state index in [1.807, 2.05) is 30.3 Å². The highest BCUT2D eigenvalue weighted by Crippen LogP contribution is 2.27. The maximum absolute atomic E-state index is 12.7. The minimum atomic E-state index is -0.188. The van der Waals surface area contributed by atoms with Gasteiger partial charge >= 0.3 is 5.69 Å². The summed E-state index contributed by atoms with van der Waals surface area (Å²) < 4.78 is 8.01. The Balaban J connectivity index is 1.65. The smallest absolute Gasteiger partial charge is 0.350 e. The molecule has 1 amide bonds. The molecule has 2 aromatic heterocycles. The number of para-hydroxylation sites is 1. The van der Waals surface area contributed by atoms with Gasteiger partial charge in [-0.2, -0.15) is 5.10 Å². The van der Waals surface area contributed by atoms with Gasteiger partial charge in [-0.25, -0.2) is 14.0 Å². The number of carbonyl (C=O) groups excluding carboxylic acids is 1. The highest BCUT2D eigenvalue weighted by molar-refractivity contribution is 5.92. The van der Waals surface area contributed by atoms with Gasteiger partial charge in [0, 0.05) is 32.1 Å². The van der Waals surface area contributed by atoms with Crippen molar-refractivity contribution in [3.8, 4) is 5.69 Å². The second kappa shape index (κ2) is 6.86. The van der Waals surface area contributed by atoms with Crippen LogP contribution in [0.2, 0.25) is 0 Å². The fourth-order valence-electron chi connectivity index (χ4n) is 3.57. The Morgan fingerprint density at radius 3 is 2.74 bits per heavy atom. The average Bonchev–Trinajstić information content (AvgIpc) is 3.25. The number of amides is 1. The number of likely N-dealkylation sites (tertiary alicyclic amines) is 1. The third-order valence-electron chi connectivity index (χ3n) is 4.88. The maximum Gasteiger partial charge on any atom is 0.350 e. The van der Waals surface area contributed by atoms with E-state index in [1.54, 1.807) is 29.5 Å². The summed E-state index contributed by atoms with van der Waals surface area (Å²) in [6.07, 6.45) is 1.71. The largest absolute Gasteiger partial charge is 0.361 e. The summed E-state index contributed by atoms with van der Waals surface area (Å²) in [5, 5.41) is 8.31. The third kappa shape index (κ3) is 3.18. The van der Waals surface area contributed by atoms with Crippen LogP contribution < -0.4 is 5.69 Å². The van der Waals surface area contributed by atoms with E-state index in [1.165, 1.54) is 4.68 Å². The Labute approximate surface area is 156 Å². The van der Waals surface area contributed by atoms with E-state index in [0.717, 1.165) is 18.5 Å². The molecule has 0 unspecified atom stereocenters. The lowest BCUT2D eigenvalue weighted by Gasteiger charge is -2.31. The van der Waals surface area contributed by atoms with Crippen LogP contribution in [0, 0.1) is 6.92 Å². The molecule has 1 aliphatic heterocycles. The Kier molecular flexibility index (Phi) is 4.39. The molecule has 0 N–H and O–H groups in total. The number of benzene rings is 1. The van der Waals surface area contributed by atoms with Crippen LogP contribution >= 0.6 is 0 Å². The summed E-state index contributed by atoms with van der Waals surface area (Å²) in [6.45, 7) is 2.91. The molecule has 8 heteroatoms. The predicted molar refractivity (Wildman–Crippen MR) is 97.9 cm³/mol. The quantitative estimate of drug-likeness (QED) is 0.706. The SMILES string of the molecule is Cc1cc(C(=O)N2CCC[C@H](c3nn(C)c(=O)n3-c3ccccc3)C2)no1. The Morgan fingerprint density at radius 2 is 2.04 bits per heavy atom. The summed E-state index contributed by atoms with van der Waals surface area (Å²) in [5.41, 5.74) is 0.905. The van der Waals surface area contributed by atoms with Crippen LogP contribution in [0.1, 0.15) is 40.8 Å². The lowest BCUT2D eigenvalue weighted by Crippen LogP contribution is -2.40. The fraction of sp³-hybridized carbons (Fsp3) is 0.368. The molecule has 0 spiro atoms. The van der Waals surface area contributed by atoms with Crippen LogP contribution in [0.3, 0.4) is 0 Å². The van der Waals surface area contributed by atoms with Crippen LogP contribution in [-0.2, 0) is 7.05 Å². The molecular formula is C19H21N5O3. The minimum absolute atomic E-state index is 0.0233. The molecule has 3 aromatic rings. The van der Waals surface area contributed by atoms with Crippen molar-refractivity contribution in [2.24, 2.45) is 7.05 Å². The zero-order valence-electron chi connectivity index (χ0n) is 15.3. The van der Waals surface area contributed by atoms with Crippen molar-refractivity contribution in [1.82, 2.24) is 24.4 Å². The molecule has 3 heterocycles. The van der Waals surface area contributed by atoms with E-state index in [4.69, 9.17) is 4.52 Å². The molecule has 27 heavy (non-hydrogen) atoms. The molecule has 4 rings (SSSR count). The van der Waals surface area contributed by atoms with E-state index in [-0.39, 0.29) is 17.5 Å². The van der Waals surface area contributed by atoms with Crippen molar-refractivity contribution in [1.29, 1.82) is 0 Å². The molecule has 0 aliphatic carbocycles. The Morgan fingerprint density at radius 1 is 1.26 bits per heavy atom. The standard InChI is InChI=1S/C19H21N5O3/c1-13-11-16(21-27-13)18(25)23-10-6-7-14(12-23)17-20-22(2)19(26)24(17)15-8-4-3-5-9-15/h3-5,8-9,11,14H,6-7,10,12H2,1-2H3/t14-/m0/s1. The lowest BCUT2D eigenvalue weighted by molar-refractivity contribution is 0.0693. The number of hydrogen-bond acceptors (Lipinski definition) is 5. The number of nitrogens with zero attached hydrogens (tertiary/aromatic N) is 5. The second-order valence-corrected chi connectivity index (χ2v) is 6.85. The number of piperidine rings is 1. The number of aromatic nitrogens is 4. The zero-order valence-corrected chi connectivity index (χ0v) is 15.3. The first-order valence-corrected chi connectivity index (χ1v) is 8.98. The van der Waals surface area contributed by atoms with Crippen LogP contribution in [0.4, 0.5) is 0 Å². The van der Waals surface area contributed by atoms with Crippen molar-refractivity contribution in [2.75, 3.05) is 13.1 Å². The topological polar surface area (TPSA) is 86.2 Å². The van der Waals surface area contributed by atoms with Gasteiger partial charge in [-0.1, -0.05) is 23.4 Å². The van der Waals surface area contributed by atoms with Gasteiger partial charge < -0.3 is 9.42 Å². The summed E-state index contributed by atoms with van der Waals surface area (Å²) in [5.74, 6) is 1.11. The molecule has 0 radical (unpaired) electrons. The normalized spacial score (nSPS) is 17.3. The predicted octanol–water partition coefficient (Wildman–Crippen LogP) is 1.89. The van der Waals surface area contributed by atoms with E-state index in [9.17, 15) is 9.59 Å². The number of rotatable bonds is 3. The second-order valence-electron chi connectivity index (χ2n) is 6.85.